The second-order valence-electron chi connectivity index (χ2n) is 7.95. The molecule has 1 atom stereocenters. The number of nitrogens with one attached hydrogen (secondary N) is 2. The van der Waals surface area contributed by atoms with E-state index < -0.39 is 0 Å². The highest BCUT2D eigenvalue weighted by atomic mass is 35.5. The van der Waals surface area contributed by atoms with Gasteiger partial charge in [-0.2, -0.15) is 5.10 Å². The van der Waals surface area contributed by atoms with Crippen LogP contribution >= 0.6 is 11.6 Å². The largest absolute Gasteiger partial charge is 0.337 e. The van der Waals surface area contributed by atoms with Gasteiger partial charge < -0.3 is 10.2 Å². The summed E-state index contributed by atoms with van der Waals surface area (Å²) < 4.78 is 0. The molecule has 144 valence electrons. The molecule has 1 saturated heterocycles. The predicted octanol–water partition coefficient (Wildman–Crippen LogP) is 4.46. The number of likely N-dealkylation sites (tertiary alicyclic amines) is 1. The number of nitrogens with zero attached hydrogens (tertiary/aromatic N) is 2. The van der Waals surface area contributed by atoms with Crippen molar-refractivity contribution in [2.24, 2.45) is 0 Å². The monoisotopic (exact) mass is 386 g/mol. The number of halogens is 1. The number of carbonyl (C=O) groups is 1. The van der Waals surface area contributed by atoms with Crippen LogP contribution in [0, 0.1) is 0 Å². The van der Waals surface area contributed by atoms with Crippen molar-refractivity contribution >= 4 is 17.6 Å². The van der Waals surface area contributed by atoms with Crippen LogP contribution < -0.4 is 5.32 Å². The Labute approximate surface area is 165 Å². The summed E-state index contributed by atoms with van der Waals surface area (Å²) in [5, 5.41) is 11.1. The minimum Gasteiger partial charge on any atom is -0.337 e. The number of aromatic amines is 1. The Hall–Kier alpha value is -2.01. The van der Waals surface area contributed by atoms with Gasteiger partial charge in [-0.15, -0.1) is 0 Å². The molecule has 2 amide bonds. The molecule has 0 spiro atoms. The van der Waals surface area contributed by atoms with Gasteiger partial charge in [0.05, 0.1) is 0 Å². The van der Waals surface area contributed by atoms with Crippen molar-refractivity contribution in [1.29, 1.82) is 0 Å². The smallest absolute Gasteiger partial charge is 0.317 e. The zero-order valence-corrected chi connectivity index (χ0v) is 16.3. The SMILES string of the molecule is O=C(NCC1(c2ccc(Cl)cc2)CCCC1)N1CCCC(c2ccn[nH]2)C1. The molecule has 1 aliphatic heterocycles. The Morgan fingerprint density at radius 3 is 2.70 bits per heavy atom. The van der Waals surface area contributed by atoms with Gasteiger partial charge >= 0.3 is 6.03 Å². The van der Waals surface area contributed by atoms with Gasteiger partial charge in [-0.25, -0.2) is 4.79 Å². The molecule has 1 unspecified atom stereocenters. The second kappa shape index (κ2) is 7.93. The molecule has 4 rings (SSSR count). The molecule has 2 aromatic rings. The fraction of sp³-hybridized carbons (Fsp3) is 0.524. The minimum atomic E-state index is 0.0405. The molecule has 1 aromatic heterocycles. The van der Waals surface area contributed by atoms with E-state index in [1.807, 2.05) is 23.1 Å². The fourth-order valence-electron chi connectivity index (χ4n) is 4.69. The molecular formula is C21H27ClN4O. The average molecular weight is 387 g/mol. The lowest BCUT2D eigenvalue weighted by Crippen LogP contribution is -2.48. The Bertz CT molecular complexity index is 753. The van der Waals surface area contributed by atoms with E-state index in [-0.39, 0.29) is 11.4 Å². The third-order valence-corrected chi connectivity index (χ3v) is 6.52. The first-order chi connectivity index (χ1) is 13.2. The first-order valence-corrected chi connectivity index (χ1v) is 10.3. The Kier molecular flexibility index (Phi) is 5.39. The van der Waals surface area contributed by atoms with Crippen LogP contribution in [0.4, 0.5) is 4.79 Å². The third-order valence-electron chi connectivity index (χ3n) is 6.27. The number of piperidine rings is 1. The molecule has 2 N–H and O–H groups in total. The summed E-state index contributed by atoms with van der Waals surface area (Å²) in [6.45, 7) is 2.27. The van der Waals surface area contributed by atoms with Gasteiger partial charge in [-0.3, -0.25) is 5.10 Å². The van der Waals surface area contributed by atoms with E-state index in [1.165, 1.54) is 18.4 Å². The standard InChI is InChI=1S/C21H27ClN4O/c22-18-7-5-17(6-8-18)21(10-1-2-11-21)15-23-20(27)26-13-3-4-16(14-26)19-9-12-24-25-19/h5-9,12,16H,1-4,10-11,13-15H2,(H,23,27)(H,24,25). The zero-order chi connectivity index (χ0) is 18.7. The molecule has 27 heavy (non-hydrogen) atoms. The minimum absolute atomic E-state index is 0.0405. The number of H-pyrrole nitrogens is 1. The first-order valence-electron chi connectivity index (χ1n) is 9.94. The Morgan fingerprint density at radius 1 is 1.22 bits per heavy atom. The van der Waals surface area contributed by atoms with Gasteiger partial charge in [-0.05, 0) is 49.4 Å². The van der Waals surface area contributed by atoms with Gasteiger partial charge in [0, 0.05) is 47.9 Å². The summed E-state index contributed by atoms with van der Waals surface area (Å²) in [6.07, 6.45) is 8.57. The van der Waals surface area contributed by atoms with Crippen LogP contribution in [0.1, 0.15) is 55.7 Å². The molecular weight excluding hydrogens is 360 g/mol. The summed E-state index contributed by atoms with van der Waals surface area (Å²) in [5.74, 6) is 0.351. The maximum Gasteiger partial charge on any atom is 0.317 e. The number of hydrogen-bond acceptors (Lipinski definition) is 2. The number of amides is 2. The lowest BCUT2D eigenvalue weighted by atomic mass is 9.79. The van der Waals surface area contributed by atoms with E-state index >= 15 is 0 Å². The highest BCUT2D eigenvalue weighted by Gasteiger charge is 2.36. The molecule has 1 aromatic carbocycles. The maximum atomic E-state index is 12.9. The van der Waals surface area contributed by atoms with Gasteiger partial charge in [-0.1, -0.05) is 36.6 Å². The van der Waals surface area contributed by atoms with Crippen LogP contribution in [0.5, 0.6) is 0 Å². The topological polar surface area (TPSA) is 61.0 Å². The fourth-order valence-corrected chi connectivity index (χ4v) is 4.81. The second-order valence-corrected chi connectivity index (χ2v) is 8.39. The number of urea groups is 1. The van der Waals surface area contributed by atoms with Crippen LogP contribution in [0.3, 0.4) is 0 Å². The summed E-state index contributed by atoms with van der Waals surface area (Å²) in [6, 6.07) is 10.2. The van der Waals surface area contributed by atoms with Crippen molar-refractivity contribution in [3.8, 4) is 0 Å². The van der Waals surface area contributed by atoms with Crippen molar-refractivity contribution in [2.45, 2.75) is 49.9 Å². The lowest BCUT2D eigenvalue weighted by molar-refractivity contribution is 0.176. The van der Waals surface area contributed by atoms with Crippen LogP contribution in [-0.2, 0) is 5.41 Å². The van der Waals surface area contributed by atoms with E-state index in [9.17, 15) is 4.79 Å². The average Bonchev–Trinajstić information content (AvgIpc) is 3.40. The molecule has 0 bridgehead atoms. The zero-order valence-electron chi connectivity index (χ0n) is 15.6. The van der Waals surface area contributed by atoms with Crippen LogP contribution in [0.25, 0.3) is 0 Å². The highest BCUT2D eigenvalue weighted by molar-refractivity contribution is 6.30. The molecule has 5 nitrogen and oxygen atoms in total. The van der Waals surface area contributed by atoms with E-state index in [1.54, 1.807) is 6.20 Å². The highest BCUT2D eigenvalue weighted by Crippen LogP contribution is 2.41. The van der Waals surface area contributed by atoms with Crippen LogP contribution in [0.15, 0.2) is 36.5 Å². The molecule has 0 radical (unpaired) electrons. The van der Waals surface area contributed by atoms with Crippen molar-refractivity contribution in [1.82, 2.24) is 20.4 Å². The van der Waals surface area contributed by atoms with E-state index in [2.05, 4.69) is 27.6 Å². The molecule has 2 fully saturated rings. The third kappa shape index (κ3) is 3.98. The normalized spacial score (nSPS) is 22.0. The van der Waals surface area contributed by atoms with Crippen molar-refractivity contribution in [3.05, 3.63) is 52.8 Å². The predicted molar refractivity (Wildman–Crippen MR) is 107 cm³/mol. The van der Waals surface area contributed by atoms with Crippen molar-refractivity contribution < 1.29 is 4.79 Å². The molecule has 2 aliphatic rings. The quantitative estimate of drug-likeness (QED) is 0.814. The number of carbonyl (C=O) groups excluding carboxylic acids is 1. The first kappa shape index (κ1) is 18.4. The number of hydrogen-bond donors (Lipinski definition) is 2. The van der Waals surface area contributed by atoms with E-state index in [4.69, 9.17) is 11.6 Å². The summed E-state index contributed by atoms with van der Waals surface area (Å²) in [5.41, 5.74) is 2.46. The molecule has 6 heteroatoms. The van der Waals surface area contributed by atoms with Gasteiger partial charge in [0.25, 0.3) is 0 Å². The van der Waals surface area contributed by atoms with Crippen LogP contribution in [0.2, 0.25) is 5.02 Å². The number of benzene rings is 1. The lowest BCUT2D eigenvalue weighted by Gasteiger charge is -2.35. The van der Waals surface area contributed by atoms with Crippen molar-refractivity contribution in [3.63, 3.8) is 0 Å². The van der Waals surface area contributed by atoms with E-state index in [0.29, 0.717) is 12.5 Å². The molecule has 2 heterocycles. The van der Waals surface area contributed by atoms with Gasteiger partial charge in [0.1, 0.15) is 0 Å². The number of rotatable bonds is 4. The van der Waals surface area contributed by atoms with E-state index in [0.717, 1.165) is 49.5 Å². The Morgan fingerprint density at radius 2 is 2.00 bits per heavy atom. The van der Waals surface area contributed by atoms with Gasteiger partial charge in [0.2, 0.25) is 0 Å². The van der Waals surface area contributed by atoms with Crippen LogP contribution in [-0.4, -0.2) is 40.8 Å². The summed E-state index contributed by atoms with van der Waals surface area (Å²) >= 11 is 6.07. The molecule has 1 aliphatic carbocycles. The summed E-state index contributed by atoms with van der Waals surface area (Å²) in [7, 11) is 0. The maximum absolute atomic E-state index is 12.9. The van der Waals surface area contributed by atoms with Gasteiger partial charge in [0.15, 0.2) is 0 Å². The molecule has 1 saturated carbocycles. The Balaban J connectivity index is 1.40. The number of aromatic nitrogens is 2. The van der Waals surface area contributed by atoms with Crippen molar-refractivity contribution in [2.75, 3.05) is 19.6 Å². The summed E-state index contributed by atoms with van der Waals surface area (Å²) in [4.78, 5) is 14.8.